The van der Waals surface area contributed by atoms with E-state index in [-0.39, 0.29) is 17.9 Å². The summed E-state index contributed by atoms with van der Waals surface area (Å²) in [4.78, 5) is 31.2. The smallest absolute Gasteiger partial charge is 0.282 e. The molecule has 166 valence electrons. The minimum Gasteiger partial charge on any atom is -0.489 e. The molecule has 2 amide bonds. The van der Waals surface area contributed by atoms with Gasteiger partial charge in [0.15, 0.2) is 0 Å². The fourth-order valence-corrected chi connectivity index (χ4v) is 4.61. The molecule has 0 atom stereocenters. The molecular weight excluding hydrogens is 412 g/mol. The molecule has 0 spiro atoms. The Morgan fingerprint density at radius 2 is 1.45 bits per heavy atom. The summed E-state index contributed by atoms with van der Waals surface area (Å²) in [6, 6.07) is 24.8. The maximum atomic E-state index is 14.0. The summed E-state index contributed by atoms with van der Waals surface area (Å²) in [6.45, 7) is 4.53. The highest BCUT2D eigenvalue weighted by molar-refractivity contribution is 6.46. The normalized spacial score (nSPS) is 16.0. The largest absolute Gasteiger partial charge is 0.489 e. The van der Waals surface area contributed by atoms with Crippen molar-refractivity contribution in [3.05, 3.63) is 95.7 Å². The molecular formula is C28H26N2O3. The van der Waals surface area contributed by atoms with Crippen LogP contribution in [0.15, 0.2) is 84.6 Å². The van der Waals surface area contributed by atoms with Gasteiger partial charge in [0.05, 0.1) is 17.4 Å². The van der Waals surface area contributed by atoms with E-state index in [4.69, 9.17) is 4.74 Å². The van der Waals surface area contributed by atoms with Gasteiger partial charge in [0.1, 0.15) is 11.4 Å². The van der Waals surface area contributed by atoms with Crippen molar-refractivity contribution in [1.29, 1.82) is 0 Å². The zero-order valence-electron chi connectivity index (χ0n) is 18.8. The van der Waals surface area contributed by atoms with Crippen LogP contribution >= 0.6 is 0 Å². The van der Waals surface area contributed by atoms with Gasteiger partial charge in [-0.05, 0) is 56.0 Å². The molecule has 0 saturated heterocycles. The minimum absolute atomic E-state index is 0.0889. The first-order chi connectivity index (χ1) is 16.1. The topological polar surface area (TPSA) is 49.9 Å². The highest BCUT2D eigenvalue weighted by atomic mass is 16.5. The molecule has 5 heteroatoms. The first-order valence-corrected chi connectivity index (χ1v) is 11.4. The van der Waals surface area contributed by atoms with Crippen molar-refractivity contribution < 1.29 is 14.3 Å². The third kappa shape index (κ3) is 3.69. The van der Waals surface area contributed by atoms with Crippen LogP contribution in [0.25, 0.3) is 5.57 Å². The van der Waals surface area contributed by atoms with E-state index in [1.165, 1.54) is 10.5 Å². The van der Waals surface area contributed by atoms with E-state index in [1.807, 2.05) is 79.4 Å². The molecule has 3 aromatic rings. The van der Waals surface area contributed by atoms with Crippen molar-refractivity contribution in [3.8, 4) is 5.75 Å². The maximum absolute atomic E-state index is 14.0. The van der Waals surface area contributed by atoms with Gasteiger partial charge in [-0.1, -0.05) is 60.7 Å². The first-order valence-electron chi connectivity index (χ1n) is 11.4. The molecule has 0 bridgehead atoms. The lowest BCUT2D eigenvalue weighted by Gasteiger charge is -2.32. The van der Waals surface area contributed by atoms with Crippen molar-refractivity contribution in [3.63, 3.8) is 0 Å². The lowest BCUT2D eigenvalue weighted by atomic mass is 9.98. The predicted octanol–water partition coefficient (Wildman–Crippen LogP) is 5.21. The van der Waals surface area contributed by atoms with E-state index >= 15 is 0 Å². The third-order valence-electron chi connectivity index (χ3n) is 5.97. The van der Waals surface area contributed by atoms with Gasteiger partial charge in [0.2, 0.25) is 0 Å². The Morgan fingerprint density at radius 3 is 2.21 bits per heavy atom. The summed E-state index contributed by atoms with van der Waals surface area (Å²) in [5.41, 5.74) is 4.23. The molecule has 2 heterocycles. The maximum Gasteiger partial charge on any atom is 0.282 e. The number of hydrogen-bond donors (Lipinski definition) is 0. The second-order valence-electron chi connectivity index (χ2n) is 8.55. The molecule has 5 nitrogen and oxygen atoms in total. The van der Waals surface area contributed by atoms with Crippen LogP contribution in [0.4, 0.5) is 11.4 Å². The monoisotopic (exact) mass is 438 g/mol. The number of carbonyl (C=O) groups excluding carboxylic acids is 2. The number of aryl methyl sites for hydroxylation is 1. The summed E-state index contributed by atoms with van der Waals surface area (Å²) < 4.78 is 5.95. The summed E-state index contributed by atoms with van der Waals surface area (Å²) in [6.07, 6.45) is 1.78. The third-order valence-corrected chi connectivity index (χ3v) is 5.97. The molecule has 0 aromatic heterocycles. The predicted molar refractivity (Wildman–Crippen MR) is 130 cm³/mol. The van der Waals surface area contributed by atoms with Crippen LogP contribution < -0.4 is 14.5 Å². The van der Waals surface area contributed by atoms with Crippen LogP contribution in [-0.2, 0) is 16.0 Å². The molecule has 3 aromatic carbocycles. The molecule has 33 heavy (non-hydrogen) atoms. The number of imide groups is 1. The number of hydrogen-bond acceptors (Lipinski definition) is 4. The summed E-state index contributed by atoms with van der Waals surface area (Å²) >= 11 is 0. The molecule has 0 radical (unpaired) electrons. The van der Waals surface area contributed by atoms with Gasteiger partial charge >= 0.3 is 0 Å². The quantitative estimate of drug-likeness (QED) is 0.513. The van der Waals surface area contributed by atoms with Crippen LogP contribution in [0.3, 0.4) is 0 Å². The average molecular weight is 439 g/mol. The van der Waals surface area contributed by atoms with Crippen LogP contribution in [0, 0.1) is 0 Å². The van der Waals surface area contributed by atoms with Crippen LogP contribution in [0.1, 0.15) is 31.4 Å². The number of para-hydroxylation sites is 3. The molecule has 5 rings (SSSR count). The highest BCUT2D eigenvalue weighted by Gasteiger charge is 2.44. The number of fused-ring (bicyclic) bond motifs is 1. The number of carbonyl (C=O) groups is 2. The number of benzene rings is 3. The molecule has 0 unspecified atom stereocenters. The zero-order valence-corrected chi connectivity index (χ0v) is 18.8. The second-order valence-corrected chi connectivity index (χ2v) is 8.55. The van der Waals surface area contributed by atoms with Gasteiger partial charge in [-0.3, -0.25) is 9.59 Å². The molecule has 2 aliphatic heterocycles. The van der Waals surface area contributed by atoms with Gasteiger partial charge in [0.25, 0.3) is 11.8 Å². The number of nitrogens with zero attached hydrogens (tertiary/aromatic N) is 2. The fourth-order valence-electron chi connectivity index (χ4n) is 4.61. The molecule has 0 aliphatic carbocycles. The van der Waals surface area contributed by atoms with Crippen molar-refractivity contribution >= 4 is 28.8 Å². The molecule has 0 fully saturated rings. The van der Waals surface area contributed by atoms with Crippen molar-refractivity contribution in [2.75, 3.05) is 16.3 Å². The number of ether oxygens (including phenoxy) is 1. The van der Waals surface area contributed by atoms with Gasteiger partial charge in [-0.15, -0.1) is 0 Å². The number of amides is 2. The van der Waals surface area contributed by atoms with E-state index in [9.17, 15) is 9.59 Å². The lowest BCUT2D eigenvalue weighted by Crippen LogP contribution is -2.37. The number of rotatable bonds is 5. The Hall–Kier alpha value is -3.86. The molecule has 0 N–H and O–H groups in total. The Bertz CT molecular complexity index is 1250. The van der Waals surface area contributed by atoms with Crippen molar-refractivity contribution in [2.24, 2.45) is 0 Å². The van der Waals surface area contributed by atoms with Crippen molar-refractivity contribution in [2.45, 2.75) is 32.8 Å². The molecule has 0 saturated carbocycles. The summed E-state index contributed by atoms with van der Waals surface area (Å²) in [7, 11) is 0. The summed E-state index contributed by atoms with van der Waals surface area (Å²) in [5, 5.41) is 0. The number of anilines is 2. The first kappa shape index (κ1) is 21.0. The fraction of sp³-hybridized carbons (Fsp3) is 0.214. The SMILES string of the molecule is CC(C)Oc1ccccc1N1C(=O)C(c2ccccc2)=C(N2CCCc3ccccc32)C1=O. The van der Waals surface area contributed by atoms with E-state index in [1.54, 1.807) is 12.1 Å². The lowest BCUT2D eigenvalue weighted by molar-refractivity contribution is -0.120. The van der Waals surface area contributed by atoms with Crippen LogP contribution in [-0.4, -0.2) is 24.5 Å². The average Bonchev–Trinajstić information content (AvgIpc) is 3.09. The van der Waals surface area contributed by atoms with Gasteiger partial charge < -0.3 is 9.64 Å². The molecule has 2 aliphatic rings. The van der Waals surface area contributed by atoms with Gasteiger partial charge in [-0.2, -0.15) is 0 Å². The van der Waals surface area contributed by atoms with Crippen LogP contribution in [0.5, 0.6) is 5.75 Å². The van der Waals surface area contributed by atoms with Gasteiger partial charge in [0, 0.05) is 12.2 Å². The zero-order chi connectivity index (χ0) is 22.9. The van der Waals surface area contributed by atoms with E-state index in [0.29, 0.717) is 29.3 Å². The Morgan fingerprint density at radius 1 is 0.788 bits per heavy atom. The standard InChI is InChI=1S/C28H26N2O3/c1-19(2)33-24-17-9-8-16-23(24)30-27(31)25(21-12-4-3-5-13-21)26(28(30)32)29-18-10-14-20-11-6-7-15-22(20)29/h3-9,11-13,15-17,19H,10,14,18H2,1-2H3. The van der Waals surface area contributed by atoms with Gasteiger partial charge in [-0.25, -0.2) is 4.90 Å². The Labute approximate surface area is 193 Å². The Kier molecular flexibility index (Phi) is 5.47. The van der Waals surface area contributed by atoms with Crippen LogP contribution in [0.2, 0.25) is 0 Å². The Balaban J connectivity index is 1.68. The van der Waals surface area contributed by atoms with E-state index in [0.717, 1.165) is 24.1 Å². The van der Waals surface area contributed by atoms with E-state index in [2.05, 4.69) is 6.07 Å². The van der Waals surface area contributed by atoms with E-state index < -0.39 is 0 Å². The summed E-state index contributed by atoms with van der Waals surface area (Å²) in [5.74, 6) is -0.138. The highest BCUT2D eigenvalue weighted by Crippen LogP contribution is 2.41. The van der Waals surface area contributed by atoms with Crippen molar-refractivity contribution in [1.82, 2.24) is 0 Å². The second kappa shape index (κ2) is 8.58. The minimum atomic E-state index is -0.330.